The maximum Gasteiger partial charge on any atom is 0.351 e. The smallest absolute Gasteiger partial charge is 0.351 e. The third kappa shape index (κ3) is 3.04. The number of benzene rings is 2. The normalized spacial score (nSPS) is 19.4. The topological polar surface area (TPSA) is 72.5 Å². The number of rotatable bonds is 5. The molecule has 2 heterocycles. The molecule has 0 N–H and O–H groups in total. The molecule has 2 atom stereocenters. The summed E-state index contributed by atoms with van der Waals surface area (Å²) in [5.74, 6) is 1.78. The van der Waals surface area contributed by atoms with Crippen LogP contribution in [0.25, 0.3) is 0 Å². The summed E-state index contributed by atoms with van der Waals surface area (Å²) < 4.78 is 34.2. The quantitative estimate of drug-likeness (QED) is 0.353. The number of fused-ring (bicyclic) bond motifs is 3. The Morgan fingerprint density at radius 3 is 2.43 bits per heavy atom. The molecule has 0 aromatic heterocycles. The summed E-state index contributed by atoms with van der Waals surface area (Å²) in [5, 5.41) is 0. The summed E-state index contributed by atoms with van der Waals surface area (Å²) in [5.41, 5.74) is 1.05. The SMILES string of the molecule is COc1cc2c(c(OC(=O)c3c(OC)cccc3OC)c1I)[C@@H]1CCO[C@@H]1O2. The highest BCUT2D eigenvalue weighted by Crippen LogP contribution is 2.52. The van der Waals surface area contributed by atoms with Crippen LogP contribution < -0.4 is 23.7 Å². The molecule has 1 saturated heterocycles. The number of halogens is 1. The van der Waals surface area contributed by atoms with Gasteiger partial charge in [-0.25, -0.2) is 4.79 Å². The number of carbonyl (C=O) groups excluding carboxylic acids is 1. The van der Waals surface area contributed by atoms with Crippen LogP contribution in [0.5, 0.6) is 28.7 Å². The van der Waals surface area contributed by atoms with Gasteiger partial charge in [-0.05, 0) is 41.1 Å². The van der Waals surface area contributed by atoms with Crippen LogP contribution in [0.15, 0.2) is 24.3 Å². The summed E-state index contributed by atoms with van der Waals surface area (Å²) in [6.07, 6.45) is 0.430. The van der Waals surface area contributed by atoms with Crippen molar-refractivity contribution in [3.05, 3.63) is 39.0 Å². The summed E-state index contributed by atoms with van der Waals surface area (Å²) in [4.78, 5) is 13.1. The Labute approximate surface area is 176 Å². The first kappa shape index (κ1) is 19.1. The van der Waals surface area contributed by atoms with E-state index in [2.05, 4.69) is 22.6 Å². The van der Waals surface area contributed by atoms with E-state index < -0.39 is 5.97 Å². The number of methoxy groups -OCH3 is 3. The van der Waals surface area contributed by atoms with Crippen molar-refractivity contribution in [1.29, 1.82) is 0 Å². The molecule has 0 radical (unpaired) electrons. The van der Waals surface area contributed by atoms with Gasteiger partial charge in [0.1, 0.15) is 28.6 Å². The average molecular weight is 498 g/mol. The molecule has 0 unspecified atom stereocenters. The van der Waals surface area contributed by atoms with Crippen molar-refractivity contribution in [3.63, 3.8) is 0 Å². The number of hydrogen-bond acceptors (Lipinski definition) is 7. The molecule has 0 saturated carbocycles. The molecular formula is C20H19IO7. The van der Waals surface area contributed by atoms with Crippen LogP contribution in [-0.4, -0.2) is 40.2 Å². The molecule has 148 valence electrons. The van der Waals surface area contributed by atoms with Gasteiger partial charge in [-0.3, -0.25) is 0 Å². The molecule has 1 fully saturated rings. The van der Waals surface area contributed by atoms with Crippen molar-refractivity contribution in [1.82, 2.24) is 0 Å². The largest absolute Gasteiger partial charge is 0.496 e. The highest BCUT2D eigenvalue weighted by molar-refractivity contribution is 14.1. The number of esters is 1. The maximum absolute atomic E-state index is 13.1. The second-order valence-corrected chi connectivity index (χ2v) is 7.39. The van der Waals surface area contributed by atoms with Crippen LogP contribution in [-0.2, 0) is 4.74 Å². The third-order valence-electron chi connectivity index (χ3n) is 4.89. The van der Waals surface area contributed by atoms with Gasteiger partial charge < -0.3 is 28.4 Å². The fourth-order valence-electron chi connectivity index (χ4n) is 3.58. The first-order valence-electron chi connectivity index (χ1n) is 8.70. The Balaban J connectivity index is 1.79. The Kier molecular flexibility index (Phi) is 5.24. The van der Waals surface area contributed by atoms with E-state index in [4.69, 9.17) is 28.4 Å². The van der Waals surface area contributed by atoms with Gasteiger partial charge in [0.05, 0.1) is 37.4 Å². The zero-order chi connectivity index (χ0) is 19.8. The zero-order valence-corrected chi connectivity index (χ0v) is 17.8. The molecule has 2 aromatic rings. The van der Waals surface area contributed by atoms with Gasteiger partial charge in [0.2, 0.25) is 6.29 Å². The lowest BCUT2D eigenvalue weighted by Gasteiger charge is -2.17. The van der Waals surface area contributed by atoms with E-state index in [-0.39, 0.29) is 17.8 Å². The molecule has 4 rings (SSSR count). The number of ether oxygens (including phenoxy) is 6. The summed E-state index contributed by atoms with van der Waals surface area (Å²) >= 11 is 2.12. The molecular weight excluding hydrogens is 479 g/mol. The van der Waals surface area contributed by atoms with E-state index in [1.165, 1.54) is 14.2 Å². The molecule has 0 aliphatic carbocycles. The van der Waals surface area contributed by atoms with Gasteiger partial charge in [-0.1, -0.05) is 6.07 Å². The summed E-state index contributed by atoms with van der Waals surface area (Å²) in [6, 6.07) is 6.92. The van der Waals surface area contributed by atoms with Gasteiger partial charge in [0.25, 0.3) is 0 Å². The second-order valence-electron chi connectivity index (χ2n) is 6.31. The average Bonchev–Trinajstić information content (AvgIpc) is 3.29. The summed E-state index contributed by atoms with van der Waals surface area (Å²) in [6.45, 7) is 0.602. The van der Waals surface area contributed by atoms with Gasteiger partial charge >= 0.3 is 5.97 Å². The van der Waals surface area contributed by atoms with Crippen molar-refractivity contribution in [2.45, 2.75) is 18.6 Å². The number of carbonyl (C=O) groups is 1. The lowest BCUT2D eigenvalue weighted by molar-refractivity contribution is -0.0338. The van der Waals surface area contributed by atoms with Crippen molar-refractivity contribution in [2.75, 3.05) is 27.9 Å². The Bertz CT molecular complexity index is 905. The molecule has 7 nitrogen and oxygen atoms in total. The van der Waals surface area contributed by atoms with Crippen molar-refractivity contribution >= 4 is 28.6 Å². The highest BCUT2D eigenvalue weighted by Gasteiger charge is 2.43. The van der Waals surface area contributed by atoms with Crippen molar-refractivity contribution in [3.8, 4) is 28.7 Å². The predicted molar refractivity (Wildman–Crippen MR) is 108 cm³/mol. The lowest BCUT2D eigenvalue weighted by Crippen LogP contribution is -2.16. The van der Waals surface area contributed by atoms with E-state index in [1.54, 1.807) is 31.4 Å². The lowest BCUT2D eigenvalue weighted by atomic mass is 9.97. The van der Waals surface area contributed by atoms with E-state index in [1.807, 2.05) is 0 Å². The first-order valence-corrected chi connectivity index (χ1v) is 9.78. The predicted octanol–water partition coefficient (Wildman–Crippen LogP) is 3.76. The Hall–Kier alpha value is -2.20. The van der Waals surface area contributed by atoms with E-state index in [0.29, 0.717) is 38.9 Å². The van der Waals surface area contributed by atoms with E-state index in [0.717, 1.165) is 12.0 Å². The van der Waals surface area contributed by atoms with E-state index in [9.17, 15) is 4.79 Å². The van der Waals surface area contributed by atoms with Gasteiger partial charge in [0, 0.05) is 11.6 Å². The fraction of sp³-hybridized carbons (Fsp3) is 0.350. The minimum absolute atomic E-state index is 0.0109. The molecule has 0 spiro atoms. The van der Waals surface area contributed by atoms with Crippen molar-refractivity contribution in [2.24, 2.45) is 0 Å². The molecule has 2 aliphatic heterocycles. The molecule has 0 amide bonds. The second kappa shape index (κ2) is 7.67. The maximum atomic E-state index is 13.1. The fourth-order valence-corrected chi connectivity index (χ4v) is 4.36. The van der Waals surface area contributed by atoms with Gasteiger partial charge in [-0.15, -0.1) is 0 Å². The molecule has 2 aliphatic rings. The van der Waals surface area contributed by atoms with Crippen LogP contribution in [0.3, 0.4) is 0 Å². The van der Waals surface area contributed by atoms with Crippen LogP contribution in [0.2, 0.25) is 0 Å². The third-order valence-corrected chi connectivity index (χ3v) is 5.91. The Morgan fingerprint density at radius 2 is 1.79 bits per heavy atom. The monoisotopic (exact) mass is 498 g/mol. The first-order chi connectivity index (χ1) is 13.6. The molecule has 2 aromatic carbocycles. The minimum Gasteiger partial charge on any atom is -0.496 e. The molecule has 28 heavy (non-hydrogen) atoms. The summed E-state index contributed by atoms with van der Waals surface area (Å²) in [7, 11) is 4.55. The van der Waals surface area contributed by atoms with Crippen LogP contribution in [0.1, 0.15) is 28.3 Å². The number of hydrogen-bond donors (Lipinski definition) is 0. The zero-order valence-electron chi connectivity index (χ0n) is 15.6. The van der Waals surface area contributed by atoms with E-state index >= 15 is 0 Å². The Morgan fingerprint density at radius 1 is 1.11 bits per heavy atom. The van der Waals surface area contributed by atoms with Crippen LogP contribution in [0.4, 0.5) is 0 Å². The van der Waals surface area contributed by atoms with Crippen molar-refractivity contribution < 1.29 is 33.2 Å². The minimum atomic E-state index is -0.579. The van der Waals surface area contributed by atoms with Gasteiger partial charge in [0.15, 0.2) is 5.75 Å². The van der Waals surface area contributed by atoms with Gasteiger partial charge in [-0.2, -0.15) is 0 Å². The molecule has 0 bridgehead atoms. The molecule has 8 heteroatoms. The standard InChI is InChI=1S/C20H19IO7/c1-23-11-5-4-6-12(24-2)16(11)19(22)28-18-15-10-7-8-26-20(10)27-13(15)9-14(25-3)17(18)21/h4-6,9-10,20H,7-8H2,1-3H3/t10-,20+/m0/s1. The van der Waals surface area contributed by atoms with Crippen LogP contribution >= 0.6 is 22.6 Å². The highest BCUT2D eigenvalue weighted by atomic mass is 127. The van der Waals surface area contributed by atoms with Crippen LogP contribution in [0, 0.1) is 3.57 Å².